The average Bonchev–Trinajstić information content (AvgIpc) is 3.34. The lowest BCUT2D eigenvalue weighted by molar-refractivity contribution is 0.0629. The largest absolute Gasteiger partial charge is 0.336 e. The molecule has 25 heavy (non-hydrogen) atoms. The van der Waals surface area contributed by atoms with Gasteiger partial charge in [-0.2, -0.15) is 5.10 Å². The van der Waals surface area contributed by atoms with Gasteiger partial charge in [0.15, 0.2) is 0 Å². The summed E-state index contributed by atoms with van der Waals surface area (Å²) < 4.78 is 1.75. The molecule has 0 aliphatic carbocycles. The molecule has 0 unspecified atom stereocenters. The summed E-state index contributed by atoms with van der Waals surface area (Å²) in [6, 6.07) is 14.1. The van der Waals surface area contributed by atoms with Crippen LogP contribution in [0.4, 0.5) is 0 Å². The second kappa shape index (κ2) is 7.21. The molecular weight excluding hydrogens is 332 g/mol. The van der Waals surface area contributed by atoms with Crippen LogP contribution in [0, 0.1) is 0 Å². The minimum atomic E-state index is 0.0676. The summed E-state index contributed by atoms with van der Waals surface area (Å²) in [7, 11) is 0. The molecule has 4 rings (SSSR count). The molecular formula is C19H20N4OS. The molecule has 6 heteroatoms. The summed E-state index contributed by atoms with van der Waals surface area (Å²) in [5, 5.41) is 6.44. The van der Waals surface area contributed by atoms with Gasteiger partial charge in [0.25, 0.3) is 5.91 Å². The lowest BCUT2D eigenvalue weighted by Crippen LogP contribution is -2.48. The lowest BCUT2D eigenvalue weighted by Gasteiger charge is -2.34. The second-order valence-corrected chi connectivity index (χ2v) is 7.19. The number of carbonyl (C=O) groups excluding carboxylic acids is 1. The number of benzene rings is 1. The van der Waals surface area contributed by atoms with Crippen molar-refractivity contribution in [1.29, 1.82) is 0 Å². The maximum absolute atomic E-state index is 12.7. The monoisotopic (exact) mass is 352 g/mol. The maximum Gasteiger partial charge on any atom is 0.257 e. The number of hydrogen-bond donors (Lipinski definition) is 0. The first-order chi connectivity index (χ1) is 12.3. The fraction of sp³-hybridized carbons (Fsp3) is 0.263. The highest BCUT2D eigenvalue weighted by Gasteiger charge is 2.23. The summed E-state index contributed by atoms with van der Waals surface area (Å²) in [6.45, 7) is 4.33. The third-order valence-electron chi connectivity index (χ3n) is 4.47. The van der Waals surface area contributed by atoms with Crippen LogP contribution >= 0.6 is 11.3 Å². The first-order valence-electron chi connectivity index (χ1n) is 8.44. The number of para-hydroxylation sites is 1. The Labute approximate surface area is 151 Å². The van der Waals surface area contributed by atoms with Gasteiger partial charge < -0.3 is 4.90 Å². The average molecular weight is 352 g/mol. The summed E-state index contributed by atoms with van der Waals surface area (Å²) in [6.07, 6.45) is 3.48. The minimum absolute atomic E-state index is 0.0676. The Kier molecular flexibility index (Phi) is 4.63. The fourth-order valence-electron chi connectivity index (χ4n) is 3.07. The first-order valence-corrected chi connectivity index (χ1v) is 9.32. The molecule has 2 aromatic heterocycles. The van der Waals surface area contributed by atoms with E-state index in [1.165, 1.54) is 4.88 Å². The maximum atomic E-state index is 12.7. The van der Waals surface area contributed by atoms with Gasteiger partial charge in [0.1, 0.15) is 0 Å². The van der Waals surface area contributed by atoms with Gasteiger partial charge in [-0.05, 0) is 23.6 Å². The zero-order chi connectivity index (χ0) is 17.1. The van der Waals surface area contributed by atoms with Gasteiger partial charge in [-0.25, -0.2) is 4.68 Å². The Morgan fingerprint density at radius 2 is 1.84 bits per heavy atom. The van der Waals surface area contributed by atoms with Crippen molar-refractivity contribution >= 4 is 17.2 Å². The van der Waals surface area contributed by atoms with Gasteiger partial charge in [0.2, 0.25) is 0 Å². The topological polar surface area (TPSA) is 41.4 Å². The smallest absolute Gasteiger partial charge is 0.257 e. The molecule has 1 amide bonds. The number of carbonyl (C=O) groups is 1. The first kappa shape index (κ1) is 16.1. The van der Waals surface area contributed by atoms with Gasteiger partial charge in [-0.1, -0.05) is 24.3 Å². The van der Waals surface area contributed by atoms with E-state index < -0.39 is 0 Å². The van der Waals surface area contributed by atoms with Crippen molar-refractivity contribution in [1.82, 2.24) is 19.6 Å². The molecule has 1 aliphatic rings. The SMILES string of the molecule is O=C(c1cnn(-c2ccccc2)c1)N1CCN(Cc2cccs2)CC1. The molecule has 1 fully saturated rings. The highest BCUT2D eigenvalue weighted by molar-refractivity contribution is 7.09. The molecule has 3 heterocycles. The summed E-state index contributed by atoms with van der Waals surface area (Å²) >= 11 is 1.79. The van der Waals surface area contributed by atoms with E-state index in [4.69, 9.17) is 0 Å². The van der Waals surface area contributed by atoms with Gasteiger partial charge in [0.05, 0.1) is 17.4 Å². The number of hydrogen-bond acceptors (Lipinski definition) is 4. The van der Waals surface area contributed by atoms with Crippen molar-refractivity contribution in [2.75, 3.05) is 26.2 Å². The molecule has 0 spiro atoms. The zero-order valence-corrected chi connectivity index (χ0v) is 14.7. The molecule has 0 atom stereocenters. The van der Waals surface area contributed by atoms with Crippen LogP contribution in [0.2, 0.25) is 0 Å². The van der Waals surface area contributed by atoms with Crippen molar-refractivity contribution in [3.05, 3.63) is 70.7 Å². The quantitative estimate of drug-likeness (QED) is 0.725. The number of thiophene rings is 1. The lowest BCUT2D eigenvalue weighted by atomic mass is 10.2. The van der Waals surface area contributed by atoms with Crippen LogP contribution in [-0.4, -0.2) is 51.7 Å². The highest BCUT2D eigenvalue weighted by atomic mass is 32.1. The van der Waals surface area contributed by atoms with Crippen LogP contribution in [0.5, 0.6) is 0 Å². The van der Waals surface area contributed by atoms with Crippen molar-refractivity contribution in [2.24, 2.45) is 0 Å². The third kappa shape index (κ3) is 3.65. The highest BCUT2D eigenvalue weighted by Crippen LogP contribution is 2.15. The van der Waals surface area contributed by atoms with E-state index in [-0.39, 0.29) is 5.91 Å². The number of piperazine rings is 1. The zero-order valence-electron chi connectivity index (χ0n) is 13.9. The molecule has 128 valence electrons. The Morgan fingerprint density at radius 3 is 2.56 bits per heavy atom. The van der Waals surface area contributed by atoms with Crippen molar-refractivity contribution < 1.29 is 4.79 Å². The Morgan fingerprint density at radius 1 is 1.04 bits per heavy atom. The number of aromatic nitrogens is 2. The van der Waals surface area contributed by atoms with Crippen molar-refractivity contribution in [2.45, 2.75) is 6.54 Å². The Hall–Kier alpha value is -2.44. The minimum Gasteiger partial charge on any atom is -0.336 e. The number of nitrogens with zero attached hydrogens (tertiary/aromatic N) is 4. The van der Waals surface area contributed by atoms with E-state index >= 15 is 0 Å². The predicted molar refractivity (Wildman–Crippen MR) is 99.1 cm³/mol. The van der Waals surface area contributed by atoms with E-state index in [1.54, 1.807) is 22.2 Å². The molecule has 1 aromatic carbocycles. The van der Waals surface area contributed by atoms with Crippen LogP contribution in [0.15, 0.2) is 60.2 Å². The Balaban J connectivity index is 1.37. The van der Waals surface area contributed by atoms with Crippen LogP contribution in [0.1, 0.15) is 15.2 Å². The van der Waals surface area contributed by atoms with Gasteiger partial charge in [-0.3, -0.25) is 9.69 Å². The van der Waals surface area contributed by atoms with Crippen LogP contribution in [0.3, 0.4) is 0 Å². The van der Waals surface area contributed by atoms with Gasteiger partial charge in [0, 0.05) is 43.8 Å². The molecule has 1 aliphatic heterocycles. The molecule has 0 bridgehead atoms. The van der Waals surface area contributed by atoms with Crippen molar-refractivity contribution in [3.63, 3.8) is 0 Å². The van der Waals surface area contributed by atoms with Crippen LogP contribution in [0.25, 0.3) is 5.69 Å². The molecule has 1 saturated heterocycles. The van der Waals surface area contributed by atoms with Gasteiger partial charge in [-0.15, -0.1) is 11.3 Å². The van der Waals surface area contributed by atoms with Crippen LogP contribution < -0.4 is 0 Å². The van der Waals surface area contributed by atoms with E-state index in [0.717, 1.165) is 38.4 Å². The van der Waals surface area contributed by atoms with E-state index in [1.807, 2.05) is 41.4 Å². The molecule has 3 aromatic rings. The summed E-state index contributed by atoms with van der Waals surface area (Å²) in [5.74, 6) is 0.0676. The summed E-state index contributed by atoms with van der Waals surface area (Å²) in [4.78, 5) is 18.4. The standard InChI is InChI=1S/C19H20N4OS/c24-19(16-13-20-23(14-16)17-5-2-1-3-6-17)22-10-8-21(9-11-22)15-18-7-4-12-25-18/h1-7,12-14H,8-11,15H2. The number of amides is 1. The Bertz CT molecular complexity index is 820. The fourth-order valence-corrected chi connectivity index (χ4v) is 3.82. The normalized spacial score (nSPS) is 15.4. The van der Waals surface area contributed by atoms with Crippen molar-refractivity contribution in [3.8, 4) is 5.69 Å². The summed E-state index contributed by atoms with van der Waals surface area (Å²) in [5.41, 5.74) is 1.61. The van der Waals surface area contributed by atoms with Gasteiger partial charge >= 0.3 is 0 Å². The van der Waals surface area contributed by atoms with Crippen LogP contribution in [-0.2, 0) is 6.54 Å². The third-order valence-corrected chi connectivity index (χ3v) is 5.33. The molecule has 0 N–H and O–H groups in total. The van der Waals surface area contributed by atoms with E-state index in [2.05, 4.69) is 27.5 Å². The molecule has 0 saturated carbocycles. The second-order valence-electron chi connectivity index (χ2n) is 6.16. The molecule has 0 radical (unpaired) electrons. The van der Waals surface area contributed by atoms with E-state index in [0.29, 0.717) is 5.56 Å². The predicted octanol–water partition coefficient (Wildman–Crippen LogP) is 2.89. The molecule has 5 nitrogen and oxygen atoms in total. The number of rotatable bonds is 4. The van der Waals surface area contributed by atoms with E-state index in [9.17, 15) is 4.79 Å².